The molecule has 0 unspecified atom stereocenters. The maximum Gasteiger partial charge on any atom is 0.573 e. The Labute approximate surface area is 706 Å². The average molecular weight is 1930 g/mol. The molecular formula is C73H66Br3Cl4F9N14O15. The van der Waals surface area contributed by atoms with E-state index in [1.54, 1.807) is 91.8 Å². The number of ether oxygens (including phenoxy) is 6. The largest absolute Gasteiger partial charge is 0.573 e. The van der Waals surface area contributed by atoms with E-state index in [0.717, 1.165) is 64.8 Å². The maximum atomic E-state index is 13.6. The molecule has 6 heterocycles. The summed E-state index contributed by atoms with van der Waals surface area (Å²) in [4.78, 5) is 129. The molecule has 2 N–H and O–H groups in total. The fourth-order valence-corrected chi connectivity index (χ4v) is 12.0. The van der Waals surface area contributed by atoms with Gasteiger partial charge in [0.15, 0.2) is 50.8 Å². The number of nitrogens with one attached hydrogen (secondary N) is 2. The van der Waals surface area contributed by atoms with E-state index in [2.05, 4.69) is 87.3 Å². The van der Waals surface area contributed by atoms with Crippen LogP contribution in [0.5, 0.6) is 52.5 Å². The van der Waals surface area contributed by atoms with E-state index in [4.69, 9.17) is 49.0 Å². The van der Waals surface area contributed by atoms with Gasteiger partial charge in [0, 0.05) is 54.4 Å². The predicted octanol–water partition coefficient (Wildman–Crippen LogP) is 13.1. The second kappa shape index (κ2) is 41.7. The topological polar surface area (TPSA) is 318 Å². The molecule has 630 valence electrons. The smallest absolute Gasteiger partial charge is 0.425 e. The van der Waals surface area contributed by atoms with Gasteiger partial charge < -0.3 is 38.6 Å². The number of nitrogens with zero attached hydrogens (tertiary/aromatic N) is 12. The van der Waals surface area contributed by atoms with Gasteiger partial charge in [0.2, 0.25) is 0 Å². The monoisotopic (exact) mass is 1930 g/mol. The van der Waals surface area contributed by atoms with Crippen molar-refractivity contribution in [1.29, 1.82) is 0 Å². The van der Waals surface area contributed by atoms with E-state index < -0.39 is 89.0 Å². The highest BCUT2D eigenvalue weighted by molar-refractivity contribution is 9.10. The molecule has 118 heavy (non-hydrogen) atoms. The summed E-state index contributed by atoms with van der Waals surface area (Å²) < 4.78 is 152. The minimum atomic E-state index is -4.91. The fraction of sp³-hybridized carbons (Fsp3) is 0.260. The summed E-state index contributed by atoms with van der Waals surface area (Å²) in [5.41, 5.74) is -2.40. The number of hydrogen-bond acceptors (Lipinski definition) is 20. The standard InChI is InChI=1S/C25H23ClF3N5O5.C23H17BrClF3N4O5.C20H14ClF3N4O4.C3H4Br2O.C2H7N.ClH/c1-31(2)13-17(35)14-34-22(36)20-21(32(3)24(34)37)30-23(33(20)12-15-7-9-16(26)10-8-15)38-18-5-4-6-19(11-18)39-25(27,28)29;1-30-19-18(20(34)32(22(30)35)12-15(33)10-24)31(11-13-5-7-14(25)8-6-13)21(29-19)36-16-3-2-4-17(9-16)37-23(26,27)28;1-27-16-15(17(29)26-18(27)30)28(10-11-5-7-12(21)8-6-11)19(25-16)31-13-3-2-4-14(9-13)32-20(22,23)24;4-1-3(6)2-5;1-3-2;/h4-11H,12-14H2,1-3H3;2-9H,10-12H2,1H3;2-9H,10H2,1H3,(H,26,29,30);1-2H2;3H,1-2H3;1H. The highest BCUT2D eigenvalue weighted by Gasteiger charge is 2.34. The molecule has 0 amide bonds. The van der Waals surface area contributed by atoms with E-state index in [1.807, 2.05) is 14.1 Å². The Balaban J connectivity index is 0.000000232. The van der Waals surface area contributed by atoms with E-state index in [9.17, 15) is 82.7 Å². The highest BCUT2D eigenvalue weighted by Crippen LogP contribution is 2.35. The molecule has 0 aliphatic rings. The number of hydrogen-bond donors (Lipinski definition) is 2. The first-order chi connectivity index (χ1) is 55.1. The molecule has 0 saturated heterocycles. The predicted molar refractivity (Wildman–Crippen MR) is 433 cm³/mol. The molecule has 6 aromatic carbocycles. The van der Waals surface area contributed by atoms with E-state index in [-0.39, 0.29) is 124 Å². The van der Waals surface area contributed by atoms with Gasteiger partial charge in [-0.3, -0.25) is 70.3 Å². The Morgan fingerprint density at radius 1 is 0.441 bits per heavy atom. The lowest BCUT2D eigenvalue weighted by Crippen LogP contribution is -2.42. The number of aryl methyl sites for hydroxylation is 3. The Kier molecular flexibility index (Phi) is 33.5. The highest BCUT2D eigenvalue weighted by atomic mass is 79.9. The maximum absolute atomic E-state index is 13.6. The van der Waals surface area contributed by atoms with Crippen LogP contribution in [0.1, 0.15) is 16.7 Å². The van der Waals surface area contributed by atoms with Crippen molar-refractivity contribution in [3.63, 3.8) is 0 Å². The molecule has 0 atom stereocenters. The van der Waals surface area contributed by atoms with Crippen molar-refractivity contribution < 1.29 is 82.3 Å². The number of carbonyl (C=O) groups is 3. The van der Waals surface area contributed by atoms with Crippen LogP contribution in [-0.4, -0.2) is 149 Å². The average Bonchev–Trinajstić information content (AvgIpc) is 1.63. The molecule has 0 bridgehead atoms. The first kappa shape index (κ1) is 94.6. The molecule has 6 aromatic heterocycles. The lowest BCUT2D eigenvalue weighted by Gasteiger charge is -2.13. The Morgan fingerprint density at radius 2 is 0.729 bits per heavy atom. The van der Waals surface area contributed by atoms with E-state index in [1.165, 1.54) is 71.2 Å². The van der Waals surface area contributed by atoms with Crippen molar-refractivity contribution in [1.82, 2.24) is 66.7 Å². The van der Waals surface area contributed by atoms with Crippen LogP contribution in [0.25, 0.3) is 33.5 Å². The molecule has 12 aromatic rings. The summed E-state index contributed by atoms with van der Waals surface area (Å²) in [6.45, 7) is -0.738. The van der Waals surface area contributed by atoms with E-state index in [0.29, 0.717) is 36.9 Å². The number of H-pyrrole nitrogens is 1. The molecule has 45 heteroatoms. The number of likely N-dealkylation sites (N-methyl/N-ethyl adjacent to an activating group) is 1. The molecular weight excluding hydrogens is 1870 g/mol. The molecule has 0 radical (unpaired) electrons. The number of ketones is 3. The second-order valence-corrected chi connectivity index (χ2v) is 27.7. The molecule has 0 aliphatic carbocycles. The number of carbonyl (C=O) groups excluding carboxylic acids is 3. The fourth-order valence-electron chi connectivity index (χ4n) is 10.5. The molecule has 12 rings (SSSR count). The normalized spacial score (nSPS) is 11.3. The second-order valence-electron chi connectivity index (χ2n) is 24.8. The van der Waals surface area contributed by atoms with Crippen LogP contribution >= 0.6 is 95.0 Å². The van der Waals surface area contributed by atoms with Gasteiger partial charge in [0.25, 0.3) is 16.7 Å². The zero-order chi connectivity index (χ0) is 86.1. The Bertz CT molecular complexity index is 5950. The van der Waals surface area contributed by atoms with Gasteiger partial charge in [-0.05, 0) is 118 Å². The van der Waals surface area contributed by atoms with Crippen LogP contribution in [0.2, 0.25) is 15.1 Å². The van der Waals surface area contributed by atoms with Crippen molar-refractivity contribution >= 4 is 146 Å². The third-order valence-corrected chi connectivity index (χ3v) is 18.1. The third-order valence-electron chi connectivity index (χ3n) is 15.5. The summed E-state index contributed by atoms with van der Waals surface area (Å²) in [5, 5.41) is 5.08. The summed E-state index contributed by atoms with van der Waals surface area (Å²) in [6.07, 6.45) is -14.7. The number of aromatic amines is 1. The lowest BCUT2D eigenvalue weighted by atomic mass is 10.2. The number of aromatic nitrogens is 12. The number of Topliss-reactive ketones (excluding diaryl/α,β-unsaturated/α-hetero) is 3. The summed E-state index contributed by atoms with van der Waals surface area (Å²) in [5.74, 6) is -2.25. The summed E-state index contributed by atoms with van der Waals surface area (Å²) in [7, 11) is 11.3. The SMILES string of the molecule is CN(C)CC(=O)Cn1c(=O)c2c(nc(Oc3cccc(OC(F)(F)F)c3)n2Cc2ccc(Cl)cc2)n(C)c1=O.CNC.Cl.Cn1c(=O)[nH]c(=O)c2c1nc(Oc1cccc(OC(F)(F)F)c1)n2Cc1ccc(Cl)cc1.Cn1c(=O)n(CC(=O)CBr)c(=O)c2c1nc(Oc1cccc(OC(F)(F)F)c1)n2Cc1ccc(Cl)cc1.O=C(CBr)CBr. The first-order valence-corrected chi connectivity index (χ1v) is 38.0. The number of halogens is 16. The lowest BCUT2D eigenvalue weighted by molar-refractivity contribution is -0.275. The zero-order valence-electron chi connectivity index (χ0n) is 62.3. The minimum absolute atomic E-state index is 0. The molecule has 0 spiro atoms. The van der Waals surface area contributed by atoms with Gasteiger partial charge in [0.05, 0.1) is 55.3 Å². The minimum Gasteiger partial charge on any atom is -0.425 e. The first-order valence-electron chi connectivity index (χ1n) is 33.5. The van der Waals surface area contributed by atoms with Crippen molar-refractivity contribution in [2.24, 2.45) is 21.1 Å². The third kappa shape index (κ3) is 26.0. The van der Waals surface area contributed by atoms with Gasteiger partial charge >= 0.3 is 54.2 Å². The van der Waals surface area contributed by atoms with Crippen molar-refractivity contribution in [3.8, 4) is 52.5 Å². The van der Waals surface area contributed by atoms with Gasteiger partial charge in [-0.1, -0.05) is 137 Å². The zero-order valence-corrected chi connectivity index (χ0v) is 70.1. The van der Waals surface area contributed by atoms with Gasteiger partial charge in [-0.25, -0.2) is 14.4 Å². The molecule has 0 aliphatic heterocycles. The number of rotatable bonds is 24. The van der Waals surface area contributed by atoms with Crippen molar-refractivity contribution in [3.05, 3.63) is 240 Å². The summed E-state index contributed by atoms with van der Waals surface area (Å²) in [6, 6.07) is 34.1. The number of imidazole rings is 3. The molecule has 0 saturated carbocycles. The molecule has 0 fully saturated rings. The Morgan fingerprint density at radius 3 is 1.02 bits per heavy atom. The van der Waals surface area contributed by atoms with Crippen molar-refractivity contribution in [2.45, 2.75) is 51.8 Å². The summed E-state index contributed by atoms with van der Waals surface area (Å²) >= 11 is 26.9. The van der Waals surface area contributed by atoms with Crippen LogP contribution in [-0.2, 0) is 68.3 Å². The van der Waals surface area contributed by atoms with Crippen LogP contribution in [0.4, 0.5) is 39.5 Å². The quantitative estimate of drug-likeness (QED) is 0.0419. The van der Waals surface area contributed by atoms with Crippen molar-refractivity contribution in [2.75, 3.05) is 50.7 Å². The van der Waals surface area contributed by atoms with E-state index >= 15 is 0 Å². The van der Waals surface area contributed by atoms with Gasteiger partial charge in [0.1, 0.15) is 34.5 Å². The molecule has 29 nitrogen and oxygen atoms in total. The van der Waals surface area contributed by atoms with Crippen LogP contribution in [0.15, 0.2) is 174 Å². The number of alkyl halides is 12. The van der Waals surface area contributed by atoms with Gasteiger partial charge in [-0.15, -0.1) is 51.9 Å². The Hall–Kier alpha value is -10.5. The number of benzene rings is 6. The van der Waals surface area contributed by atoms with Crippen LogP contribution in [0.3, 0.4) is 0 Å². The van der Waals surface area contributed by atoms with Crippen LogP contribution < -0.4 is 67.5 Å². The number of fused-ring (bicyclic) bond motifs is 3. The van der Waals surface area contributed by atoms with Gasteiger partial charge in [-0.2, -0.15) is 15.0 Å². The van der Waals surface area contributed by atoms with Crippen LogP contribution in [0, 0.1) is 0 Å².